The van der Waals surface area contributed by atoms with Crippen LogP contribution in [0.4, 0.5) is 0 Å². The molecule has 0 fully saturated rings. The molecule has 0 N–H and O–H groups in total. The van der Waals surface area contributed by atoms with E-state index >= 15 is 0 Å². The summed E-state index contributed by atoms with van der Waals surface area (Å²) in [5.74, 6) is 0.102. The molecule has 0 spiro atoms. The highest BCUT2D eigenvalue weighted by molar-refractivity contribution is 8.93. The lowest BCUT2D eigenvalue weighted by atomic mass is 10.1. The number of benzene rings is 1. The summed E-state index contributed by atoms with van der Waals surface area (Å²) in [6.07, 6.45) is 1.98. The van der Waals surface area contributed by atoms with Gasteiger partial charge in [-0.05, 0) is 30.5 Å². The van der Waals surface area contributed by atoms with Gasteiger partial charge in [-0.3, -0.25) is 9.79 Å². The van der Waals surface area contributed by atoms with Gasteiger partial charge in [0, 0.05) is 17.1 Å². The molecule has 0 saturated heterocycles. The second kappa shape index (κ2) is 7.16. The average Bonchev–Trinajstić information content (AvgIpc) is 2.77. The summed E-state index contributed by atoms with van der Waals surface area (Å²) in [5, 5.41) is 1.60. The summed E-state index contributed by atoms with van der Waals surface area (Å²) in [6.45, 7) is 2.00. The standard InChI is InChI=1S/C12H13ClN2OS.BrH/c1-17-12-14-6-7-15(12)8-11(16)9-2-4-10(13)5-3-9;/h2-5H,6-8H2,1H3;1H. The predicted octanol–water partition coefficient (Wildman–Crippen LogP) is 3.14. The van der Waals surface area contributed by atoms with E-state index in [1.54, 1.807) is 36.0 Å². The number of carbonyl (C=O) groups excluding carboxylic acids is 1. The Morgan fingerprint density at radius 3 is 2.72 bits per heavy atom. The predicted molar refractivity (Wildman–Crippen MR) is 83.5 cm³/mol. The Hall–Kier alpha value is -0.520. The zero-order chi connectivity index (χ0) is 12.3. The number of amidine groups is 1. The van der Waals surface area contributed by atoms with Gasteiger partial charge in [0.15, 0.2) is 11.0 Å². The number of aliphatic imine (C=N–C) groups is 1. The van der Waals surface area contributed by atoms with Crippen molar-refractivity contribution in [3.8, 4) is 0 Å². The van der Waals surface area contributed by atoms with Gasteiger partial charge in [-0.2, -0.15) is 0 Å². The van der Waals surface area contributed by atoms with Crippen molar-refractivity contribution < 1.29 is 4.79 Å². The quantitative estimate of drug-likeness (QED) is 0.786. The number of nitrogens with zero attached hydrogens (tertiary/aromatic N) is 2. The van der Waals surface area contributed by atoms with Gasteiger partial charge < -0.3 is 4.90 Å². The minimum absolute atomic E-state index is 0. The lowest BCUT2D eigenvalue weighted by molar-refractivity contribution is 0.0967. The van der Waals surface area contributed by atoms with Gasteiger partial charge in [-0.15, -0.1) is 17.0 Å². The molecule has 1 aromatic rings. The summed E-state index contributed by atoms with van der Waals surface area (Å²) >= 11 is 7.37. The van der Waals surface area contributed by atoms with Gasteiger partial charge in [-0.25, -0.2) is 0 Å². The highest BCUT2D eigenvalue weighted by Crippen LogP contribution is 2.14. The van der Waals surface area contributed by atoms with Crippen LogP contribution in [0.15, 0.2) is 29.3 Å². The van der Waals surface area contributed by atoms with Crippen molar-refractivity contribution in [3.63, 3.8) is 0 Å². The second-order valence-corrected chi connectivity index (χ2v) is 4.93. The summed E-state index contributed by atoms with van der Waals surface area (Å²) in [7, 11) is 0. The van der Waals surface area contributed by atoms with Crippen molar-refractivity contribution in [2.45, 2.75) is 0 Å². The van der Waals surface area contributed by atoms with Gasteiger partial charge in [0.05, 0.1) is 13.1 Å². The molecule has 0 aliphatic carbocycles. The number of rotatable bonds is 3. The van der Waals surface area contributed by atoms with E-state index in [9.17, 15) is 4.79 Å². The fourth-order valence-electron chi connectivity index (χ4n) is 1.70. The first-order valence-corrected chi connectivity index (χ1v) is 6.93. The molecule has 18 heavy (non-hydrogen) atoms. The van der Waals surface area contributed by atoms with Crippen molar-refractivity contribution in [1.29, 1.82) is 0 Å². The van der Waals surface area contributed by atoms with Crippen LogP contribution in [0, 0.1) is 0 Å². The first kappa shape index (κ1) is 15.5. The first-order chi connectivity index (χ1) is 8.20. The van der Waals surface area contributed by atoms with E-state index in [-0.39, 0.29) is 22.8 Å². The number of hydrogen-bond donors (Lipinski definition) is 0. The zero-order valence-electron chi connectivity index (χ0n) is 9.93. The van der Waals surface area contributed by atoms with E-state index in [1.807, 2.05) is 11.2 Å². The Balaban J connectivity index is 0.00000162. The maximum absolute atomic E-state index is 12.0. The topological polar surface area (TPSA) is 32.7 Å². The van der Waals surface area contributed by atoms with Crippen molar-refractivity contribution in [3.05, 3.63) is 34.9 Å². The van der Waals surface area contributed by atoms with E-state index in [0.29, 0.717) is 17.1 Å². The van der Waals surface area contributed by atoms with Crippen LogP contribution >= 0.6 is 40.3 Å². The molecule has 0 radical (unpaired) electrons. The number of hydrogen-bond acceptors (Lipinski definition) is 4. The molecule has 0 atom stereocenters. The normalized spacial score (nSPS) is 14.1. The summed E-state index contributed by atoms with van der Waals surface area (Å²) in [5.41, 5.74) is 0.696. The Labute approximate surface area is 126 Å². The van der Waals surface area contributed by atoms with Gasteiger partial charge >= 0.3 is 0 Å². The molecule has 0 aromatic heterocycles. The van der Waals surface area contributed by atoms with E-state index in [4.69, 9.17) is 11.6 Å². The molecule has 1 heterocycles. The third kappa shape index (κ3) is 3.73. The van der Waals surface area contributed by atoms with E-state index in [0.717, 1.165) is 18.3 Å². The molecule has 98 valence electrons. The van der Waals surface area contributed by atoms with Crippen LogP contribution in [-0.2, 0) is 0 Å². The maximum atomic E-state index is 12.0. The summed E-state index contributed by atoms with van der Waals surface area (Å²) in [6, 6.07) is 7.00. The minimum atomic E-state index is 0. The minimum Gasteiger partial charge on any atom is -0.342 e. The molecule has 2 rings (SSSR count). The lowest BCUT2D eigenvalue weighted by Gasteiger charge is -2.17. The molecule has 0 unspecified atom stereocenters. The molecule has 1 aromatic carbocycles. The lowest BCUT2D eigenvalue weighted by Crippen LogP contribution is -2.31. The van der Waals surface area contributed by atoms with Crippen molar-refractivity contribution >= 4 is 51.3 Å². The Morgan fingerprint density at radius 1 is 1.44 bits per heavy atom. The van der Waals surface area contributed by atoms with E-state index in [1.165, 1.54) is 0 Å². The van der Waals surface area contributed by atoms with Crippen LogP contribution in [-0.4, -0.2) is 41.7 Å². The molecule has 0 bridgehead atoms. The van der Waals surface area contributed by atoms with Gasteiger partial charge in [0.25, 0.3) is 0 Å². The van der Waals surface area contributed by atoms with Gasteiger partial charge in [0.1, 0.15) is 0 Å². The van der Waals surface area contributed by atoms with Crippen LogP contribution < -0.4 is 0 Å². The van der Waals surface area contributed by atoms with Crippen molar-refractivity contribution in [2.75, 3.05) is 25.9 Å². The number of Topliss-reactive ketones (excluding diaryl/α,β-unsaturated/α-hetero) is 1. The molecular weight excluding hydrogens is 336 g/mol. The van der Waals surface area contributed by atoms with E-state index < -0.39 is 0 Å². The molecule has 3 nitrogen and oxygen atoms in total. The third-order valence-corrected chi connectivity index (χ3v) is 3.58. The maximum Gasteiger partial charge on any atom is 0.182 e. The summed E-state index contributed by atoms with van der Waals surface area (Å²) < 4.78 is 0. The van der Waals surface area contributed by atoms with Crippen LogP contribution in [0.1, 0.15) is 10.4 Å². The largest absolute Gasteiger partial charge is 0.342 e. The fraction of sp³-hybridized carbons (Fsp3) is 0.333. The number of thioether (sulfide) groups is 1. The van der Waals surface area contributed by atoms with Crippen molar-refractivity contribution in [1.82, 2.24) is 4.90 Å². The summed E-state index contributed by atoms with van der Waals surface area (Å²) in [4.78, 5) is 18.4. The van der Waals surface area contributed by atoms with Crippen LogP contribution in [0.3, 0.4) is 0 Å². The molecule has 1 aliphatic rings. The Bertz CT molecular complexity index is 450. The Morgan fingerprint density at radius 2 is 2.11 bits per heavy atom. The van der Waals surface area contributed by atoms with Crippen LogP contribution in [0.5, 0.6) is 0 Å². The zero-order valence-corrected chi connectivity index (χ0v) is 13.2. The molecule has 0 saturated carbocycles. The molecular formula is C12H14BrClN2OS. The number of halogens is 2. The SMILES string of the molecule is Br.CSC1=NCCN1CC(=O)c1ccc(Cl)cc1. The highest BCUT2D eigenvalue weighted by atomic mass is 79.9. The molecule has 0 amide bonds. The smallest absolute Gasteiger partial charge is 0.182 e. The average molecular weight is 350 g/mol. The van der Waals surface area contributed by atoms with Crippen LogP contribution in [0.25, 0.3) is 0 Å². The number of ketones is 1. The van der Waals surface area contributed by atoms with Gasteiger partial charge in [-0.1, -0.05) is 23.4 Å². The van der Waals surface area contributed by atoms with Crippen molar-refractivity contribution in [2.24, 2.45) is 4.99 Å². The third-order valence-electron chi connectivity index (χ3n) is 2.57. The molecule has 1 aliphatic heterocycles. The van der Waals surface area contributed by atoms with Gasteiger partial charge in [0.2, 0.25) is 0 Å². The molecule has 6 heteroatoms. The van der Waals surface area contributed by atoms with Crippen LogP contribution in [0.2, 0.25) is 5.02 Å². The fourth-order valence-corrected chi connectivity index (χ4v) is 2.46. The van der Waals surface area contributed by atoms with E-state index in [2.05, 4.69) is 4.99 Å². The monoisotopic (exact) mass is 348 g/mol. The second-order valence-electron chi connectivity index (χ2n) is 3.72. The number of carbonyl (C=O) groups is 1. The first-order valence-electron chi connectivity index (χ1n) is 5.33. The highest BCUT2D eigenvalue weighted by Gasteiger charge is 2.19. The Kier molecular flexibility index (Phi) is 6.18.